The van der Waals surface area contributed by atoms with Crippen molar-refractivity contribution in [3.63, 3.8) is 0 Å². The van der Waals surface area contributed by atoms with Crippen molar-refractivity contribution in [1.82, 2.24) is 9.97 Å². The molecule has 0 spiro atoms. The highest BCUT2D eigenvalue weighted by atomic mass is 15.1. The van der Waals surface area contributed by atoms with E-state index in [1.165, 1.54) is 5.56 Å². The summed E-state index contributed by atoms with van der Waals surface area (Å²) in [6, 6.07) is 12.4. The lowest BCUT2D eigenvalue weighted by molar-refractivity contribution is 0.801. The summed E-state index contributed by atoms with van der Waals surface area (Å²) in [5.41, 5.74) is 1.33. The second-order valence-corrected chi connectivity index (χ2v) is 4.49. The third-order valence-corrected chi connectivity index (χ3v) is 2.95. The Kier molecular flexibility index (Phi) is 4.72. The zero-order valence-electron chi connectivity index (χ0n) is 11.4. The third-order valence-electron chi connectivity index (χ3n) is 2.95. The predicted octanol–water partition coefficient (Wildman–Crippen LogP) is 3.12. The van der Waals surface area contributed by atoms with Gasteiger partial charge in [-0.25, -0.2) is 4.98 Å². The second kappa shape index (κ2) is 6.73. The minimum Gasteiger partial charge on any atom is -0.369 e. The standard InChI is InChI=1S/C15H20N4/c1-3-16-15-17-10-9-14(19-15)18-11-12(2)13-7-5-4-6-8-13/h4-10,12H,3,11H2,1-2H3,(H2,16,17,18,19). The van der Waals surface area contributed by atoms with Crippen LogP contribution < -0.4 is 10.6 Å². The summed E-state index contributed by atoms with van der Waals surface area (Å²) in [6.45, 7) is 5.91. The molecule has 4 nitrogen and oxygen atoms in total. The Bertz CT molecular complexity index is 499. The normalized spacial score (nSPS) is 11.9. The second-order valence-electron chi connectivity index (χ2n) is 4.49. The van der Waals surface area contributed by atoms with Crippen LogP contribution in [0.15, 0.2) is 42.6 Å². The zero-order valence-corrected chi connectivity index (χ0v) is 11.4. The van der Waals surface area contributed by atoms with Crippen LogP contribution in [0.5, 0.6) is 0 Å². The van der Waals surface area contributed by atoms with Crippen molar-refractivity contribution in [2.75, 3.05) is 23.7 Å². The summed E-state index contributed by atoms with van der Waals surface area (Å²) in [6.07, 6.45) is 1.76. The minimum absolute atomic E-state index is 0.443. The van der Waals surface area contributed by atoms with Gasteiger partial charge < -0.3 is 10.6 Å². The molecule has 0 amide bonds. The maximum absolute atomic E-state index is 4.39. The van der Waals surface area contributed by atoms with Crippen molar-refractivity contribution in [2.24, 2.45) is 0 Å². The minimum atomic E-state index is 0.443. The van der Waals surface area contributed by atoms with E-state index in [1.807, 2.05) is 19.1 Å². The molecule has 1 atom stereocenters. The topological polar surface area (TPSA) is 49.8 Å². The van der Waals surface area contributed by atoms with Gasteiger partial charge in [-0.3, -0.25) is 0 Å². The number of benzene rings is 1. The summed E-state index contributed by atoms with van der Waals surface area (Å²) >= 11 is 0. The molecule has 1 heterocycles. The lowest BCUT2D eigenvalue weighted by atomic mass is 10.0. The Hall–Kier alpha value is -2.10. The molecule has 1 unspecified atom stereocenters. The van der Waals surface area contributed by atoms with Gasteiger partial charge in [0, 0.05) is 19.3 Å². The fourth-order valence-electron chi connectivity index (χ4n) is 1.86. The van der Waals surface area contributed by atoms with Gasteiger partial charge in [0.05, 0.1) is 0 Å². The van der Waals surface area contributed by atoms with E-state index in [9.17, 15) is 0 Å². The fourth-order valence-corrected chi connectivity index (χ4v) is 1.86. The SMILES string of the molecule is CCNc1nccc(NCC(C)c2ccccc2)n1. The molecule has 4 heteroatoms. The molecule has 1 aromatic heterocycles. The van der Waals surface area contributed by atoms with Crippen LogP contribution in [0, 0.1) is 0 Å². The molecule has 0 aliphatic heterocycles. The number of rotatable bonds is 6. The Balaban J connectivity index is 1.93. The van der Waals surface area contributed by atoms with Gasteiger partial charge >= 0.3 is 0 Å². The highest BCUT2D eigenvalue weighted by molar-refractivity contribution is 5.40. The van der Waals surface area contributed by atoms with Gasteiger partial charge in [-0.15, -0.1) is 0 Å². The molecule has 2 aromatic rings. The average Bonchev–Trinajstić information content (AvgIpc) is 2.46. The largest absolute Gasteiger partial charge is 0.369 e. The average molecular weight is 256 g/mol. The maximum atomic E-state index is 4.39. The molecule has 0 saturated heterocycles. The van der Waals surface area contributed by atoms with Gasteiger partial charge in [-0.2, -0.15) is 4.98 Å². The molecule has 100 valence electrons. The lowest BCUT2D eigenvalue weighted by Crippen LogP contribution is -2.12. The van der Waals surface area contributed by atoms with Gasteiger partial charge in [0.25, 0.3) is 0 Å². The van der Waals surface area contributed by atoms with E-state index in [4.69, 9.17) is 0 Å². The van der Waals surface area contributed by atoms with Crippen molar-refractivity contribution < 1.29 is 0 Å². The fraction of sp³-hybridized carbons (Fsp3) is 0.333. The molecule has 1 aromatic carbocycles. The highest BCUT2D eigenvalue weighted by Crippen LogP contribution is 2.15. The Labute approximate surface area is 114 Å². The molecule has 2 rings (SSSR count). The van der Waals surface area contributed by atoms with Gasteiger partial charge in [-0.1, -0.05) is 37.3 Å². The summed E-state index contributed by atoms with van der Waals surface area (Å²) in [5.74, 6) is 1.97. The number of anilines is 2. The Morgan fingerprint density at radius 2 is 1.89 bits per heavy atom. The summed E-state index contributed by atoms with van der Waals surface area (Å²) < 4.78 is 0. The van der Waals surface area contributed by atoms with Crippen molar-refractivity contribution >= 4 is 11.8 Å². The first-order valence-corrected chi connectivity index (χ1v) is 6.65. The number of hydrogen-bond acceptors (Lipinski definition) is 4. The molecular weight excluding hydrogens is 236 g/mol. The van der Waals surface area contributed by atoms with Crippen LogP contribution in [0.3, 0.4) is 0 Å². The van der Waals surface area contributed by atoms with E-state index in [1.54, 1.807) is 6.20 Å². The number of nitrogens with one attached hydrogen (secondary N) is 2. The van der Waals surface area contributed by atoms with E-state index in [-0.39, 0.29) is 0 Å². The molecule has 0 aliphatic rings. The van der Waals surface area contributed by atoms with Gasteiger partial charge in [-0.05, 0) is 24.5 Å². The van der Waals surface area contributed by atoms with E-state index in [0.717, 1.165) is 18.9 Å². The zero-order chi connectivity index (χ0) is 13.5. The quantitative estimate of drug-likeness (QED) is 0.833. The molecule has 0 aliphatic carbocycles. The van der Waals surface area contributed by atoms with Crippen molar-refractivity contribution in [3.8, 4) is 0 Å². The van der Waals surface area contributed by atoms with Crippen LogP contribution in [-0.2, 0) is 0 Å². The molecule has 2 N–H and O–H groups in total. The first-order valence-electron chi connectivity index (χ1n) is 6.65. The first kappa shape index (κ1) is 13.3. The van der Waals surface area contributed by atoms with E-state index >= 15 is 0 Å². The van der Waals surface area contributed by atoms with Gasteiger partial charge in [0.15, 0.2) is 0 Å². The monoisotopic (exact) mass is 256 g/mol. The number of hydrogen-bond donors (Lipinski definition) is 2. The predicted molar refractivity (Wildman–Crippen MR) is 79.5 cm³/mol. The Morgan fingerprint density at radius 3 is 2.63 bits per heavy atom. The highest BCUT2D eigenvalue weighted by Gasteiger charge is 2.05. The summed E-state index contributed by atoms with van der Waals surface area (Å²) in [4.78, 5) is 8.55. The van der Waals surface area contributed by atoms with Crippen LogP contribution in [0.1, 0.15) is 25.3 Å². The van der Waals surface area contributed by atoms with Crippen LogP contribution >= 0.6 is 0 Å². The smallest absolute Gasteiger partial charge is 0.224 e. The van der Waals surface area contributed by atoms with Crippen LogP contribution in [0.4, 0.5) is 11.8 Å². The van der Waals surface area contributed by atoms with Crippen molar-refractivity contribution in [1.29, 1.82) is 0 Å². The van der Waals surface area contributed by atoms with E-state index < -0.39 is 0 Å². The summed E-state index contributed by atoms with van der Waals surface area (Å²) in [5, 5.41) is 6.46. The molecule has 0 saturated carbocycles. The first-order chi connectivity index (χ1) is 9.29. The maximum Gasteiger partial charge on any atom is 0.224 e. The van der Waals surface area contributed by atoms with Gasteiger partial charge in [0.2, 0.25) is 5.95 Å². The molecule has 0 bridgehead atoms. The number of nitrogens with zero attached hydrogens (tertiary/aromatic N) is 2. The van der Waals surface area contributed by atoms with Crippen molar-refractivity contribution in [2.45, 2.75) is 19.8 Å². The Morgan fingerprint density at radius 1 is 1.11 bits per heavy atom. The molecular formula is C15H20N4. The van der Waals surface area contributed by atoms with E-state index in [0.29, 0.717) is 11.9 Å². The van der Waals surface area contributed by atoms with E-state index in [2.05, 4.69) is 51.8 Å². The van der Waals surface area contributed by atoms with Crippen LogP contribution in [-0.4, -0.2) is 23.1 Å². The van der Waals surface area contributed by atoms with Crippen LogP contribution in [0.25, 0.3) is 0 Å². The number of aromatic nitrogens is 2. The molecule has 19 heavy (non-hydrogen) atoms. The third kappa shape index (κ3) is 3.95. The molecule has 0 radical (unpaired) electrons. The van der Waals surface area contributed by atoms with Gasteiger partial charge in [0.1, 0.15) is 5.82 Å². The summed E-state index contributed by atoms with van der Waals surface area (Å²) in [7, 11) is 0. The van der Waals surface area contributed by atoms with Crippen molar-refractivity contribution in [3.05, 3.63) is 48.2 Å². The lowest BCUT2D eigenvalue weighted by Gasteiger charge is -2.13. The molecule has 0 fully saturated rings. The van der Waals surface area contributed by atoms with Crippen LogP contribution in [0.2, 0.25) is 0 Å².